The number of nitrogens with zero attached hydrogens (tertiary/aromatic N) is 1. The molecule has 9 heteroatoms. The Hall–Kier alpha value is -1.45. The molecule has 0 unspecified atom stereocenters. The van der Waals surface area contributed by atoms with Gasteiger partial charge in [0.1, 0.15) is 4.21 Å². The molecule has 0 bridgehead atoms. The van der Waals surface area contributed by atoms with E-state index in [-0.39, 0.29) is 37.6 Å². The van der Waals surface area contributed by atoms with Crippen molar-refractivity contribution in [2.45, 2.75) is 36.9 Å². The maximum absolute atomic E-state index is 12.4. The van der Waals surface area contributed by atoms with Crippen LogP contribution in [0.2, 0.25) is 0 Å². The van der Waals surface area contributed by atoms with E-state index < -0.39 is 16.0 Å². The molecule has 1 aromatic heterocycles. The quantitative estimate of drug-likeness (QED) is 0.756. The Bertz CT molecular complexity index is 662. The van der Waals surface area contributed by atoms with Crippen molar-refractivity contribution in [2.75, 3.05) is 19.7 Å². The molecular weight excluding hydrogens is 352 g/mol. The molecular formula is C15H22N2O5S2. The highest BCUT2D eigenvalue weighted by Crippen LogP contribution is 2.26. The maximum atomic E-state index is 12.4. The molecule has 0 aromatic carbocycles. The van der Waals surface area contributed by atoms with Gasteiger partial charge in [-0.25, -0.2) is 8.42 Å². The monoisotopic (exact) mass is 374 g/mol. The van der Waals surface area contributed by atoms with Gasteiger partial charge in [-0.15, -0.1) is 11.3 Å². The summed E-state index contributed by atoms with van der Waals surface area (Å²) in [5.41, 5.74) is 0. The van der Waals surface area contributed by atoms with Crippen LogP contribution in [0.25, 0.3) is 0 Å². The molecule has 1 aromatic rings. The molecule has 1 aliphatic rings. The molecule has 0 spiro atoms. The Labute approximate surface area is 146 Å². The summed E-state index contributed by atoms with van der Waals surface area (Å²) in [5, 5.41) is 4.36. The van der Waals surface area contributed by atoms with Crippen LogP contribution in [-0.2, 0) is 24.3 Å². The van der Waals surface area contributed by atoms with E-state index in [1.165, 1.54) is 15.6 Å². The van der Waals surface area contributed by atoms with Gasteiger partial charge in [0.15, 0.2) is 6.61 Å². The van der Waals surface area contributed by atoms with Crippen molar-refractivity contribution in [1.29, 1.82) is 0 Å². The fourth-order valence-electron chi connectivity index (χ4n) is 2.49. The molecule has 1 fully saturated rings. The number of ether oxygens (including phenoxy) is 1. The van der Waals surface area contributed by atoms with Crippen molar-refractivity contribution in [1.82, 2.24) is 9.62 Å². The van der Waals surface area contributed by atoms with Crippen LogP contribution in [0.1, 0.15) is 26.7 Å². The predicted molar refractivity (Wildman–Crippen MR) is 90.0 cm³/mol. The molecule has 2 rings (SSSR count). The number of hydrogen-bond donors (Lipinski definition) is 1. The van der Waals surface area contributed by atoms with Gasteiger partial charge in [0.05, 0.1) is 5.92 Å². The van der Waals surface area contributed by atoms with Crippen molar-refractivity contribution in [3.8, 4) is 0 Å². The maximum Gasteiger partial charge on any atom is 0.309 e. The summed E-state index contributed by atoms with van der Waals surface area (Å²) in [6.45, 7) is 3.90. The van der Waals surface area contributed by atoms with Gasteiger partial charge in [-0.2, -0.15) is 4.31 Å². The van der Waals surface area contributed by atoms with E-state index in [1.807, 2.05) is 13.8 Å². The summed E-state index contributed by atoms with van der Waals surface area (Å²) in [7, 11) is -3.47. The van der Waals surface area contributed by atoms with Crippen LogP contribution in [0.3, 0.4) is 0 Å². The van der Waals surface area contributed by atoms with Crippen LogP contribution in [0, 0.1) is 5.92 Å². The zero-order valence-corrected chi connectivity index (χ0v) is 15.4. The minimum absolute atomic E-state index is 0.0121. The summed E-state index contributed by atoms with van der Waals surface area (Å²) in [5.74, 6) is -1.15. The first kappa shape index (κ1) is 18.9. The Balaban J connectivity index is 1.82. The first-order valence-corrected chi connectivity index (χ1v) is 10.1. The van der Waals surface area contributed by atoms with Gasteiger partial charge in [-0.05, 0) is 38.1 Å². The van der Waals surface area contributed by atoms with Gasteiger partial charge < -0.3 is 10.1 Å². The molecule has 1 saturated heterocycles. The number of sulfonamides is 1. The second kappa shape index (κ2) is 8.09. The first-order valence-electron chi connectivity index (χ1n) is 7.80. The van der Waals surface area contributed by atoms with E-state index >= 15 is 0 Å². The van der Waals surface area contributed by atoms with E-state index in [4.69, 9.17) is 4.74 Å². The minimum atomic E-state index is -3.47. The lowest BCUT2D eigenvalue weighted by Crippen LogP contribution is -2.41. The van der Waals surface area contributed by atoms with Gasteiger partial charge in [-0.1, -0.05) is 6.07 Å². The third-order valence-corrected chi connectivity index (χ3v) is 6.94. The number of rotatable bonds is 6. The molecule has 0 radical (unpaired) electrons. The number of carbonyl (C=O) groups excluding carboxylic acids is 2. The SMILES string of the molecule is CC(C)NC(=O)COC(=O)C1CCN(S(=O)(=O)c2cccs2)CC1. The van der Waals surface area contributed by atoms with Crippen LogP contribution in [0.15, 0.2) is 21.7 Å². The highest BCUT2D eigenvalue weighted by Gasteiger charge is 2.33. The number of amides is 1. The first-order chi connectivity index (χ1) is 11.3. The summed E-state index contributed by atoms with van der Waals surface area (Å²) >= 11 is 1.18. The second-order valence-corrected chi connectivity index (χ2v) is 9.05. The average Bonchev–Trinajstić information content (AvgIpc) is 3.07. The highest BCUT2D eigenvalue weighted by molar-refractivity contribution is 7.91. The number of thiophene rings is 1. The molecule has 0 atom stereocenters. The largest absolute Gasteiger partial charge is 0.455 e. The standard InChI is InChI=1S/C15H22N2O5S2/c1-11(2)16-13(18)10-22-15(19)12-5-7-17(8-6-12)24(20,21)14-4-3-9-23-14/h3-4,9,11-12H,5-8,10H2,1-2H3,(H,16,18). The molecule has 1 aliphatic heterocycles. The third kappa shape index (κ3) is 4.78. The van der Waals surface area contributed by atoms with Gasteiger partial charge in [0.2, 0.25) is 0 Å². The average molecular weight is 374 g/mol. The van der Waals surface area contributed by atoms with E-state index in [2.05, 4.69) is 5.32 Å². The Kier molecular flexibility index (Phi) is 6.36. The van der Waals surface area contributed by atoms with E-state index in [9.17, 15) is 18.0 Å². The Morgan fingerprint density at radius 1 is 1.38 bits per heavy atom. The van der Waals surface area contributed by atoms with E-state index in [0.717, 1.165) is 0 Å². The topological polar surface area (TPSA) is 92.8 Å². The molecule has 7 nitrogen and oxygen atoms in total. The fourth-order valence-corrected chi connectivity index (χ4v) is 5.10. The lowest BCUT2D eigenvalue weighted by atomic mass is 9.98. The summed E-state index contributed by atoms with van der Waals surface area (Å²) in [4.78, 5) is 23.5. The molecule has 24 heavy (non-hydrogen) atoms. The number of nitrogens with one attached hydrogen (secondary N) is 1. The second-order valence-electron chi connectivity index (χ2n) is 5.94. The smallest absolute Gasteiger partial charge is 0.309 e. The summed E-state index contributed by atoms with van der Waals surface area (Å²) in [6.07, 6.45) is 0.796. The predicted octanol–water partition coefficient (Wildman–Crippen LogP) is 1.22. The van der Waals surface area contributed by atoms with Crippen LogP contribution in [0.5, 0.6) is 0 Å². The van der Waals surface area contributed by atoms with Crippen LogP contribution >= 0.6 is 11.3 Å². The third-order valence-electron chi connectivity index (χ3n) is 3.67. The van der Waals surface area contributed by atoms with E-state index in [1.54, 1.807) is 17.5 Å². The molecule has 2 heterocycles. The van der Waals surface area contributed by atoms with Gasteiger partial charge >= 0.3 is 5.97 Å². The minimum Gasteiger partial charge on any atom is -0.455 e. The van der Waals surface area contributed by atoms with Crippen molar-refractivity contribution < 1.29 is 22.7 Å². The van der Waals surface area contributed by atoms with Gasteiger partial charge in [0, 0.05) is 19.1 Å². The zero-order valence-electron chi connectivity index (χ0n) is 13.7. The van der Waals surface area contributed by atoms with E-state index in [0.29, 0.717) is 17.1 Å². The van der Waals surface area contributed by atoms with Crippen LogP contribution in [0.4, 0.5) is 0 Å². The highest BCUT2D eigenvalue weighted by atomic mass is 32.2. The molecule has 0 saturated carbocycles. The molecule has 1 amide bonds. The Morgan fingerprint density at radius 3 is 2.58 bits per heavy atom. The normalized spacial score (nSPS) is 17.0. The zero-order chi connectivity index (χ0) is 17.7. The molecule has 134 valence electrons. The van der Waals surface area contributed by atoms with Crippen LogP contribution < -0.4 is 5.32 Å². The lowest BCUT2D eigenvalue weighted by Gasteiger charge is -2.29. The molecule has 1 N–H and O–H groups in total. The Morgan fingerprint density at radius 2 is 2.04 bits per heavy atom. The van der Waals surface area contributed by atoms with Gasteiger partial charge in [-0.3, -0.25) is 9.59 Å². The van der Waals surface area contributed by atoms with Crippen molar-refractivity contribution >= 4 is 33.2 Å². The number of hydrogen-bond acceptors (Lipinski definition) is 6. The van der Waals surface area contributed by atoms with Crippen molar-refractivity contribution in [3.05, 3.63) is 17.5 Å². The number of esters is 1. The summed E-state index contributed by atoms with van der Waals surface area (Å²) in [6, 6.07) is 3.26. The van der Waals surface area contributed by atoms with Crippen LogP contribution in [-0.4, -0.2) is 50.3 Å². The fraction of sp³-hybridized carbons (Fsp3) is 0.600. The summed E-state index contributed by atoms with van der Waals surface area (Å²) < 4.78 is 31.6. The molecule has 0 aliphatic carbocycles. The lowest BCUT2D eigenvalue weighted by molar-refractivity contribution is -0.153. The van der Waals surface area contributed by atoms with Gasteiger partial charge in [0.25, 0.3) is 15.9 Å². The number of carbonyl (C=O) groups is 2. The van der Waals surface area contributed by atoms with Crippen molar-refractivity contribution in [2.24, 2.45) is 5.92 Å². The number of piperidine rings is 1. The van der Waals surface area contributed by atoms with Crippen molar-refractivity contribution in [3.63, 3.8) is 0 Å².